The highest BCUT2D eigenvalue weighted by Crippen LogP contribution is 2.43. The average molecular weight is 547 g/mol. The molecule has 1 saturated heterocycles. The van der Waals surface area contributed by atoms with Gasteiger partial charge in [0.25, 0.3) is 0 Å². The van der Waals surface area contributed by atoms with Crippen LogP contribution in [0.5, 0.6) is 0 Å². The van der Waals surface area contributed by atoms with Gasteiger partial charge in [0.15, 0.2) is 0 Å². The van der Waals surface area contributed by atoms with E-state index in [1.54, 1.807) is 7.05 Å². The summed E-state index contributed by atoms with van der Waals surface area (Å²) in [5, 5.41) is 9.62. The lowest BCUT2D eigenvalue weighted by atomic mass is 9.80. The number of likely N-dealkylation sites (N-methyl/N-ethyl adjacent to an activating group) is 1. The molecule has 1 heterocycles. The minimum Gasteiger partial charge on any atom is -0.350 e. The molecule has 0 aromatic heterocycles. The molecule has 1 saturated carbocycles. The van der Waals surface area contributed by atoms with Crippen molar-refractivity contribution in [3.8, 4) is 0 Å². The van der Waals surface area contributed by atoms with E-state index in [0.717, 1.165) is 30.4 Å². The molecule has 1 aliphatic heterocycles. The van der Waals surface area contributed by atoms with E-state index >= 15 is 0 Å². The molecule has 7 heteroatoms. The van der Waals surface area contributed by atoms with Crippen LogP contribution >= 0.6 is 0 Å². The molecule has 3 amide bonds. The van der Waals surface area contributed by atoms with Gasteiger partial charge >= 0.3 is 0 Å². The van der Waals surface area contributed by atoms with E-state index in [1.807, 2.05) is 48.2 Å². The molecule has 2 aromatic carbocycles. The van der Waals surface area contributed by atoms with Crippen LogP contribution in [0.4, 0.5) is 0 Å². The van der Waals surface area contributed by atoms with Crippen LogP contribution in [0.2, 0.25) is 0 Å². The molecule has 2 aromatic rings. The number of nitrogens with zero attached hydrogens (tertiary/aromatic N) is 1. The molecule has 7 nitrogen and oxygen atoms in total. The first kappa shape index (κ1) is 29.8. The molecule has 0 spiro atoms. The van der Waals surface area contributed by atoms with E-state index in [1.165, 1.54) is 0 Å². The van der Waals surface area contributed by atoms with Crippen LogP contribution in [-0.4, -0.2) is 54.8 Å². The van der Waals surface area contributed by atoms with E-state index in [4.69, 9.17) is 0 Å². The number of carbonyl (C=O) groups excluding carboxylic acids is 3. The molecule has 4 rings (SSSR count). The lowest BCUT2D eigenvalue weighted by Crippen LogP contribution is -2.53. The van der Waals surface area contributed by atoms with Crippen molar-refractivity contribution in [2.45, 2.75) is 71.0 Å². The maximum absolute atomic E-state index is 14.0. The summed E-state index contributed by atoms with van der Waals surface area (Å²) in [5.41, 5.74) is 2.11. The Bertz CT molecular complexity index is 1080. The van der Waals surface area contributed by atoms with Gasteiger partial charge in [-0.3, -0.25) is 14.4 Å². The van der Waals surface area contributed by atoms with E-state index in [0.29, 0.717) is 31.8 Å². The topological polar surface area (TPSA) is 90.5 Å². The number of hydrogen-bond acceptors (Lipinski definition) is 4. The SMILES string of the molecule is CN[C@@H](C)C(=O)NC1CC2C(CC[C@H]2C(=O)NC(c2ccccc2)c2ccccc2)CCN(C(=O)CC(C)C)C1. The molecular weight excluding hydrogens is 500 g/mol. The summed E-state index contributed by atoms with van der Waals surface area (Å²) in [6.07, 6.45) is 3.88. The van der Waals surface area contributed by atoms with Crippen LogP contribution in [0.15, 0.2) is 60.7 Å². The Balaban J connectivity index is 1.54. The molecule has 5 atom stereocenters. The largest absolute Gasteiger partial charge is 0.350 e. The predicted molar refractivity (Wildman–Crippen MR) is 158 cm³/mol. The highest BCUT2D eigenvalue weighted by atomic mass is 16.2. The van der Waals surface area contributed by atoms with Gasteiger partial charge in [-0.15, -0.1) is 0 Å². The highest BCUT2D eigenvalue weighted by Gasteiger charge is 2.43. The van der Waals surface area contributed by atoms with E-state index in [-0.39, 0.29) is 53.6 Å². The number of benzene rings is 2. The number of rotatable bonds is 9. The van der Waals surface area contributed by atoms with E-state index in [2.05, 4.69) is 54.1 Å². The van der Waals surface area contributed by atoms with Crippen molar-refractivity contribution in [1.29, 1.82) is 0 Å². The van der Waals surface area contributed by atoms with Crippen molar-refractivity contribution in [1.82, 2.24) is 20.9 Å². The molecule has 0 bridgehead atoms. The normalized spacial score (nSPS) is 23.7. The second kappa shape index (κ2) is 13.9. The fourth-order valence-electron chi connectivity index (χ4n) is 6.44. The standard InChI is InChI=1S/C33H46N4O3/c1-22(2)19-30(38)37-18-17-24-15-16-28(29(24)20-27(21-37)35-32(39)23(3)34-4)33(40)36-31(25-11-7-5-8-12-25)26-13-9-6-10-14-26/h5-14,22-24,27-29,31,34H,15-21H2,1-4H3,(H,35,39)(H,36,40)/t23-,24?,27?,28+,29?/m0/s1. The summed E-state index contributed by atoms with van der Waals surface area (Å²) in [7, 11) is 1.77. The molecule has 3 unspecified atom stereocenters. The molecular formula is C33H46N4O3. The predicted octanol–water partition coefficient (Wildman–Crippen LogP) is 4.30. The highest BCUT2D eigenvalue weighted by molar-refractivity contribution is 5.82. The summed E-state index contributed by atoms with van der Waals surface area (Å²) < 4.78 is 0. The van der Waals surface area contributed by atoms with Crippen LogP contribution in [0.25, 0.3) is 0 Å². The van der Waals surface area contributed by atoms with Crippen molar-refractivity contribution in [3.63, 3.8) is 0 Å². The monoisotopic (exact) mass is 546 g/mol. The molecule has 1 aliphatic carbocycles. The van der Waals surface area contributed by atoms with Crippen molar-refractivity contribution >= 4 is 17.7 Å². The summed E-state index contributed by atoms with van der Waals surface area (Å²) in [5.74, 6) is 0.808. The first-order valence-electron chi connectivity index (χ1n) is 14.9. The summed E-state index contributed by atoms with van der Waals surface area (Å²) >= 11 is 0. The number of nitrogens with one attached hydrogen (secondary N) is 3. The van der Waals surface area contributed by atoms with Crippen LogP contribution in [-0.2, 0) is 14.4 Å². The van der Waals surface area contributed by atoms with Crippen molar-refractivity contribution in [2.75, 3.05) is 20.1 Å². The Morgan fingerprint density at radius 1 is 0.900 bits per heavy atom. The molecule has 216 valence electrons. The second-order valence-electron chi connectivity index (χ2n) is 12.0. The first-order valence-corrected chi connectivity index (χ1v) is 14.9. The number of hydrogen-bond donors (Lipinski definition) is 3. The zero-order valence-electron chi connectivity index (χ0n) is 24.4. The summed E-state index contributed by atoms with van der Waals surface area (Å²) in [6, 6.07) is 19.5. The Hall–Kier alpha value is -3.19. The van der Waals surface area contributed by atoms with Crippen LogP contribution in [0.1, 0.15) is 70.0 Å². The van der Waals surface area contributed by atoms with Crippen LogP contribution in [0, 0.1) is 23.7 Å². The van der Waals surface area contributed by atoms with Gasteiger partial charge in [-0.1, -0.05) is 74.5 Å². The lowest BCUT2D eigenvalue weighted by Gasteiger charge is -2.37. The van der Waals surface area contributed by atoms with Gasteiger partial charge in [-0.05, 0) is 68.5 Å². The van der Waals surface area contributed by atoms with E-state index < -0.39 is 0 Å². The maximum atomic E-state index is 14.0. The minimum atomic E-state index is -0.332. The van der Waals surface area contributed by atoms with Crippen LogP contribution in [0.3, 0.4) is 0 Å². The third-order valence-corrected chi connectivity index (χ3v) is 8.74. The smallest absolute Gasteiger partial charge is 0.237 e. The van der Waals surface area contributed by atoms with Gasteiger partial charge in [0, 0.05) is 31.5 Å². The maximum Gasteiger partial charge on any atom is 0.237 e. The third-order valence-electron chi connectivity index (χ3n) is 8.74. The van der Waals surface area contributed by atoms with Gasteiger partial charge in [-0.2, -0.15) is 0 Å². The Kier molecular flexibility index (Phi) is 10.4. The number of carbonyl (C=O) groups is 3. The fourth-order valence-corrected chi connectivity index (χ4v) is 6.44. The van der Waals surface area contributed by atoms with Gasteiger partial charge in [-0.25, -0.2) is 0 Å². The second-order valence-corrected chi connectivity index (χ2v) is 12.0. The zero-order chi connectivity index (χ0) is 28.6. The quantitative estimate of drug-likeness (QED) is 0.438. The molecule has 0 radical (unpaired) electrons. The minimum absolute atomic E-state index is 0.0758. The lowest BCUT2D eigenvalue weighted by molar-refractivity contribution is -0.134. The van der Waals surface area contributed by atoms with Crippen LogP contribution < -0.4 is 16.0 Å². The van der Waals surface area contributed by atoms with Gasteiger partial charge in [0.2, 0.25) is 17.7 Å². The Morgan fingerprint density at radius 3 is 2.10 bits per heavy atom. The number of fused-ring (bicyclic) bond motifs is 1. The molecule has 2 aliphatic rings. The Morgan fingerprint density at radius 2 is 1.52 bits per heavy atom. The van der Waals surface area contributed by atoms with Gasteiger partial charge in [0.05, 0.1) is 12.1 Å². The molecule has 3 N–H and O–H groups in total. The van der Waals surface area contributed by atoms with Crippen molar-refractivity contribution in [2.24, 2.45) is 23.7 Å². The molecule has 40 heavy (non-hydrogen) atoms. The third kappa shape index (κ3) is 7.51. The van der Waals surface area contributed by atoms with Gasteiger partial charge in [0.1, 0.15) is 0 Å². The summed E-state index contributed by atoms with van der Waals surface area (Å²) in [6.45, 7) is 7.11. The van der Waals surface area contributed by atoms with Gasteiger partial charge < -0.3 is 20.9 Å². The average Bonchev–Trinajstić information content (AvgIpc) is 3.33. The van der Waals surface area contributed by atoms with Crippen molar-refractivity contribution < 1.29 is 14.4 Å². The Labute approximate surface area is 239 Å². The fraction of sp³-hybridized carbons (Fsp3) is 0.545. The zero-order valence-corrected chi connectivity index (χ0v) is 24.4. The number of likely N-dealkylation sites (tertiary alicyclic amines) is 1. The van der Waals surface area contributed by atoms with Crippen molar-refractivity contribution in [3.05, 3.63) is 71.8 Å². The summed E-state index contributed by atoms with van der Waals surface area (Å²) in [4.78, 5) is 41.9. The number of amides is 3. The molecule has 2 fully saturated rings. The first-order chi connectivity index (χ1) is 19.3. The van der Waals surface area contributed by atoms with E-state index in [9.17, 15) is 14.4 Å².